The first-order valence-electron chi connectivity index (χ1n) is 16.0. The predicted octanol–water partition coefficient (Wildman–Crippen LogP) is 5.40. The maximum atomic E-state index is 15.2. The number of carbonyl (C=O) groups is 4. The van der Waals surface area contributed by atoms with Crippen LogP contribution in [0.2, 0.25) is 0 Å². The Hall–Kier alpha value is -5.08. The number of amides is 5. The Kier molecular flexibility index (Phi) is 8.35. The monoisotopic (exact) mass is 680 g/mol. The zero-order valence-corrected chi connectivity index (χ0v) is 28.1. The van der Waals surface area contributed by atoms with Crippen molar-refractivity contribution >= 4 is 40.6 Å². The Morgan fingerprint density at radius 1 is 0.857 bits per heavy atom. The summed E-state index contributed by atoms with van der Waals surface area (Å²) in [6, 6.07) is 3.47. The van der Waals surface area contributed by atoms with E-state index in [1.165, 1.54) is 17.0 Å². The molecule has 3 aliphatic rings. The van der Waals surface area contributed by atoms with Crippen molar-refractivity contribution in [3.63, 3.8) is 0 Å². The summed E-state index contributed by atoms with van der Waals surface area (Å²) in [5.74, 6) is -2.01. The third-order valence-corrected chi connectivity index (χ3v) is 8.64. The van der Waals surface area contributed by atoms with Crippen LogP contribution in [0.4, 0.5) is 28.9 Å². The van der Waals surface area contributed by atoms with Crippen molar-refractivity contribution in [2.24, 2.45) is 0 Å². The Morgan fingerprint density at radius 2 is 1.47 bits per heavy atom. The van der Waals surface area contributed by atoms with Gasteiger partial charge in [-0.1, -0.05) is 12.1 Å². The molecule has 2 atom stereocenters. The van der Waals surface area contributed by atoms with Gasteiger partial charge in [-0.2, -0.15) is 5.10 Å². The molecule has 0 saturated carbocycles. The number of anilines is 1. The zero-order valence-electron chi connectivity index (χ0n) is 28.1. The number of imide groups is 1. The number of likely N-dealkylation sites (tertiary alicyclic amines) is 1. The van der Waals surface area contributed by atoms with Gasteiger partial charge < -0.3 is 19.3 Å². The highest BCUT2D eigenvalue weighted by Gasteiger charge is 2.53. The first-order chi connectivity index (χ1) is 22.9. The number of piperidine rings is 1. The van der Waals surface area contributed by atoms with E-state index in [-0.39, 0.29) is 34.3 Å². The molecule has 3 aromatic rings. The molecule has 1 aromatic heterocycles. The van der Waals surface area contributed by atoms with Gasteiger partial charge in [0.25, 0.3) is 11.5 Å². The number of H-pyrrole nitrogens is 1. The SMILES string of the molecule is CC(C)(C)OC(=O)N1CCC(N2CC(=O)N(C3c4n[nH]c(=O)c5cc(F)cc(c45)N(C(=O)OC(C)(C)C)C3c3ccc(F)cc3)C2=O)CC1. The molecule has 0 aliphatic carbocycles. The van der Waals surface area contributed by atoms with Gasteiger partial charge in [-0.3, -0.25) is 19.4 Å². The van der Waals surface area contributed by atoms with E-state index in [0.29, 0.717) is 25.9 Å². The van der Waals surface area contributed by atoms with Crippen LogP contribution >= 0.6 is 0 Å². The average molecular weight is 681 g/mol. The van der Waals surface area contributed by atoms with Gasteiger partial charge in [0, 0.05) is 24.5 Å². The number of hydrogen-bond acceptors (Lipinski definition) is 8. The van der Waals surface area contributed by atoms with Crippen molar-refractivity contribution in [3.05, 3.63) is 69.6 Å². The van der Waals surface area contributed by atoms with E-state index in [0.717, 1.165) is 34.1 Å². The molecule has 15 heteroatoms. The standard InChI is InChI=1S/C34H38F2N6O7/c1-33(2,3)48-31(46)39-13-11-21(12-14-39)40-17-24(43)42(30(40)45)28-26-25-22(29(44)38-37-26)15-20(36)16-23(25)41(32(47)49-34(4,5)6)27(28)18-7-9-19(35)10-8-18/h7-10,15-16,21,27-28H,11-14,17H2,1-6H3,(H,38,44). The summed E-state index contributed by atoms with van der Waals surface area (Å²) in [6.45, 7) is 10.5. The average Bonchev–Trinajstić information content (AvgIpc) is 3.30. The van der Waals surface area contributed by atoms with Gasteiger partial charge in [-0.15, -0.1) is 0 Å². The van der Waals surface area contributed by atoms with Crippen molar-refractivity contribution < 1.29 is 37.4 Å². The maximum absolute atomic E-state index is 15.2. The minimum Gasteiger partial charge on any atom is -0.444 e. The lowest BCUT2D eigenvalue weighted by molar-refractivity contribution is -0.127. The van der Waals surface area contributed by atoms with Crippen molar-refractivity contribution in [3.8, 4) is 0 Å². The van der Waals surface area contributed by atoms with Crippen molar-refractivity contribution in [2.75, 3.05) is 24.5 Å². The number of carbonyl (C=O) groups excluding carboxylic acids is 4. The molecule has 0 radical (unpaired) electrons. The third kappa shape index (κ3) is 6.41. The molecule has 4 heterocycles. The van der Waals surface area contributed by atoms with Crippen molar-refractivity contribution in [2.45, 2.75) is 83.7 Å². The van der Waals surface area contributed by atoms with Gasteiger partial charge in [0.2, 0.25) is 0 Å². The predicted molar refractivity (Wildman–Crippen MR) is 173 cm³/mol. The normalized spacial score (nSPS) is 20.3. The molecule has 2 fully saturated rings. The number of rotatable bonds is 3. The molecule has 2 unspecified atom stereocenters. The summed E-state index contributed by atoms with van der Waals surface area (Å²) in [4.78, 5) is 73.2. The number of halogens is 2. The maximum Gasteiger partial charge on any atom is 0.415 e. The lowest BCUT2D eigenvalue weighted by atomic mass is 9.87. The van der Waals surface area contributed by atoms with Crippen molar-refractivity contribution in [1.82, 2.24) is 24.9 Å². The van der Waals surface area contributed by atoms with Gasteiger partial charge >= 0.3 is 18.2 Å². The van der Waals surface area contributed by atoms with Crippen LogP contribution in [0.15, 0.2) is 41.2 Å². The molecular weight excluding hydrogens is 642 g/mol. The second-order valence-corrected chi connectivity index (χ2v) is 14.4. The van der Waals surface area contributed by atoms with E-state index in [1.807, 2.05) is 0 Å². The molecule has 5 amide bonds. The molecule has 2 aromatic carbocycles. The smallest absolute Gasteiger partial charge is 0.415 e. The summed E-state index contributed by atoms with van der Waals surface area (Å²) in [7, 11) is 0. The van der Waals surface area contributed by atoms with E-state index in [2.05, 4.69) is 10.2 Å². The topological polar surface area (TPSA) is 145 Å². The number of ether oxygens (including phenoxy) is 2. The number of aromatic amines is 1. The fraction of sp³-hybridized carbons (Fsp3) is 0.471. The minimum atomic E-state index is -1.35. The van der Waals surface area contributed by atoms with Crippen LogP contribution in [0.1, 0.15) is 77.7 Å². The third-order valence-electron chi connectivity index (χ3n) is 8.64. The summed E-state index contributed by atoms with van der Waals surface area (Å²) >= 11 is 0. The minimum absolute atomic E-state index is 0.0435. The van der Waals surface area contributed by atoms with Crippen LogP contribution in [-0.2, 0) is 14.3 Å². The number of aromatic nitrogens is 2. The lowest BCUT2D eigenvalue weighted by Gasteiger charge is -2.44. The largest absolute Gasteiger partial charge is 0.444 e. The van der Waals surface area contributed by atoms with E-state index >= 15 is 4.39 Å². The number of nitrogens with one attached hydrogen (secondary N) is 1. The molecule has 2 saturated heterocycles. The van der Waals surface area contributed by atoms with Crippen LogP contribution in [0, 0.1) is 11.6 Å². The fourth-order valence-corrected chi connectivity index (χ4v) is 6.67. The molecular formula is C34H38F2N6O7. The number of benzene rings is 2. The van der Waals surface area contributed by atoms with Gasteiger partial charge in [-0.25, -0.2) is 28.3 Å². The molecule has 49 heavy (non-hydrogen) atoms. The number of hydrogen-bond donors (Lipinski definition) is 1. The van der Waals surface area contributed by atoms with E-state index in [9.17, 15) is 28.4 Å². The van der Waals surface area contributed by atoms with Crippen LogP contribution in [0.25, 0.3) is 10.8 Å². The highest BCUT2D eigenvalue weighted by atomic mass is 19.1. The summed E-state index contributed by atoms with van der Waals surface area (Å²) in [6.07, 6.45) is -0.655. The van der Waals surface area contributed by atoms with Crippen LogP contribution in [0.5, 0.6) is 0 Å². The zero-order chi connectivity index (χ0) is 35.6. The summed E-state index contributed by atoms with van der Waals surface area (Å²) in [5.41, 5.74) is -2.18. The number of urea groups is 1. The highest BCUT2D eigenvalue weighted by Crippen LogP contribution is 2.50. The van der Waals surface area contributed by atoms with E-state index in [1.54, 1.807) is 46.4 Å². The Labute approximate surface area is 280 Å². The first-order valence-corrected chi connectivity index (χ1v) is 16.0. The second kappa shape index (κ2) is 12.1. The van der Waals surface area contributed by atoms with Gasteiger partial charge in [-0.05, 0) is 84.2 Å². The molecule has 0 spiro atoms. The molecule has 3 aliphatic heterocycles. The van der Waals surface area contributed by atoms with Crippen LogP contribution in [-0.4, -0.2) is 85.9 Å². The molecule has 6 rings (SSSR count). The number of nitrogens with zero attached hydrogens (tertiary/aromatic N) is 5. The molecule has 1 N–H and O–H groups in total. The van der Waals surface area contributed by atoms with Crippen LogP contribution < -0.4 is 10.5 Å². The summed E-state index contributed by atoms with van der Waals surface area (Å²) < 4.78 is 40.6. The highest BCUT2D eigenvalue weighted by molar-refractivity contribution is 6.07. The molecule has 0 bridgehead atoms. The Bertz CT molecular complexity index is 1890. The van der Waals surface area contributed by atoms with Gasteiger partial charge in [0.05, 0.1) is 22.8 Å². The van der Waals surface area contributed by atoms with E-state index in [4.69, 9.17) is 9.47 Å². The first kappa shape index (κ1) is 33.8. The summed E-state index contributed by atoms with van der Waals surface area (Å²) in [5, 5.41) is 6.55. The van der Waals surface area contributed by atoms with Crippen molar-refractivity contribution in [1.29, 1.82) is 0 Å². The molecule has 260 valence electrons. The van der Waals surface area contributed by atoms with Crippen LogP contribution in [0.3, 0.4) is 0 Å². The van der Waals surface area contributed by atoms with Gasteiger partial charge in [0.1, 0.15) is 35.4 Å². The Morgan fingerprint density at radius 3 is 2.08 bits per heavy atom. The van der Waals surface area contributed by atoms with Gasteiger partial charge in [0.15, 0.2) is 0 Å². The quantitative estimate of drug-likeness (QED) is 0.362. The van der Waals surface area contributed by atoms with E-state index < -0.39 is 70.6 Å². The fourth-order valence-electron chi connectivity index (χ4n) is 6.67. The Balaban J connectivity index is 1.45. The lowest BCUT2D eigenvalue weighted by Crippen LogP contribution is -2.51. The molecule has 13 nitrogen and oxygen atoms in total. The second-order valence-electron chi connectivity index (χ2n) is 14.4.